The highest BCUT2D eigenvalue weighted by Gasteiger charge is 2.23. The van der Waals surface area contributed by atoms with Gasteiger partial charge in [-0.15, -0.1) is 12.4 Å². The molecular weight excluding hydrogens is 353 g/mol. The fraction of sp³-hybridized carbons (Fsp3) is 0.429. The number of halogens is 2. The SMILES string of the molecule is CC(C)Oc1cc(CC[C@@H](C)N2Cc3ccc(F)cc3C2)ccc1O.Cl. The molecule has 1 heterocycles. The lowest BCUT2D eigenvalue weighted by molar-refractivity contribution is 0.203. The maximum absolute atomic E-state index is 13.4. The summed E-state index contributed by atoms with van der Waals surface area (Å²) in [6.45, 7) is 7.80. The number of rotatable bonds is 6. The fourth-order valence-electron chi connectivity index (χ4n) is 3.32. The van der Waals surface area contributed by atoms with Crippen LogP contribution in [0.4, 0.5) is 4.39 Å². The lowest BCUT2D eigenvalue weighted by Gasteiger charge is -2.24. The van der Waals surface area contributed by atoms with Gasteiger partial charge in [-0.3, -0.25) is 4.90 Å². The van der Waals surface area contributed by atoms with Crippen molar-refractivity contribution in [3.05, 3.63) is 58.9 Å². The number of nitrogens with zero attached hydrogens (tertiary/aromatic N) is 1. The summed E-state index contributed by atoms with van der Waals surface area (Å²) >= 11 is 0. The predicted octanol–water partition coefficient (Wildman–Crippen LogP) is 5.08. The molecule has 1 aliphatic heterocycles. The van der Waals surface area contributed by atoms with E-state index in [2.05, 4.69) is 11.8 Å². The van der Waals surface area contributed by atoms with E-state index in [1.165, 1.54) is 5.56 Å². The van der Waals surface area contributed by atoms with Crippen molar-refractivity contribution >= 4 is 12.4 Å². The smallest absolute Gasteiger partial charge is 0.161 e. The molecule has 3 rings (SSSR count). The third-order valence-corrected chi connectivity index (χ3v) is 4.78. The number of phenols is 1. The normalized spacial score (nSPS) is 14.8. The highest BCUT2D eigenvalue weighted by molar-refractivity contribution is 5.85. The van der Waals surface area contributed by atoms with Crippen molar-refractivity contribution in [1.82, 2.24) is 4.90 Å². The first-order valence-electron chi connectivity index (χ1n) is 8.92. The molecule has 0 aromatic heterocycles. The predicted molar refractivity (Wildman–Crippen MR) is 105 cm³/mol. The molecule has 5 heteroatoms. The van der Waals surface area contributed by atoms with Crippen molar-refractivity contribution in [2.45, 2.75) is 58.8 Å². The van der Waals surface area contributed by atoms with Crippen LogP contribution in [0.5, 0.6) is 11.5 Å². The van der Waals surface area contributed by atoms with E-state index in [0.29, 0.717) is 11.8 Å². The highest BCUT2D eigenvalue weighted by Crippen LogP contribution is 2.30. The van der Waals surface area contributed by atoms with E-state index in [-0.39, 0.29) is 30.1 Å². The lowest BCUT2D eigenvalue weighted by atomic mass is 10.0. The Balaban J connectivity index is 0.00000243. The average Bonchev–Trinajstić information content (AvgIpc) is 2.98. The molecule has 26 heavy (non-hydrogen) atoms. The Hall–Kier alpha value is -1.78. The van der Waals surface area contributed by atoms with Gasteiger partial charge in [0, 0.05) is 19.1 Å². The van der Waals surface area contributed by atoms with Gasteiger partial charge in [0.05, 0.1) is 6.10 Å². The van der Waals surface area contributed by atoms with Crippen LogP contribution in [0.2, 0.25) is 0 Å². The van der Waals surface area contributed by atoms with E-state index in [1.807, 2.05) is 32.0 Å². The average molecular weight is 380 g/mol. The molecule has 2 aromatic rings. The maximum atomic E-state index is 13.4. The van der Waals surface area contributed by atoms with Crippen molar-refractivity contribution in [1.29, 1.82) is 0 Å². The first kappa shape index (κ1) is 20.5. The lowest BCUT2D eigenvalue weighted by Crippen LogP contribution is -2.28. The molecule has 0 fully saturated rings. The van der Waals surface area contributed by atoms with E-state index in [0.717, 1.165) is 37.1 Å². The van der Waals surface area contributed by atoms with Gasteiger partial charge in [0.2, 0.25) is 0 Å². The standard InChI is InChI=1S/C21H26FNO2.ClH/c1-14(2)25-21-10-16(6-9-20(21)24)5-4-15(3)23-12-17-7-8-19(22)11-18(17)13-23;/h6-11,14-15,24H,4-5,12-13H2,1-3H3;1H/t15-;/m1./s1. The first-order chi connectivity index (χ1) is 11.9. The molecule has 1 aliphatic rings. The molecule has 142 valence electrons. The van der Waals surface area contributed by atoms with Crippen LogP contribution >= 0.6 is 12.4 Å². The molecular formula is C21H27ClFNO2. The minimum atomic E-state index is -0.157. The van der Waals surface area contributed by atoms with Crippen molar-refractivity contribution in [2.24, 2.45) is 0 Å². The van der Waals surface area contributed by atoms with E-state index in [4.69, 9.17) is 4.74 Å². The summed E-state index contributed by atoms with van der Waals surface area (Å²) in [5.41, 5.74) is 3.48. The number of aromatic hydroxyl groups is 1. The molecule has 3 nitrogen and oxygen atoms in total. The van der Waals surface area contributed by atoms with Crippen LogP contribution in [0.1, 0.15) is 43.9 Å². The van der Waals surface area contributed by atoms with Crippen LogP contribution in [-0.4, -0.2) is 22.2 Å². The molecule has 0 bridgehead atoms. The monoisotopic (exact) mass is 379 g/mol. The Morgan fingerprint density at radius 3 is 2.54 bits per heavy atom. The van der Waals surface area contributed by atoms with Gasteiger partial charge in [0.1, 0.15) is 5.82 Å². The van der Waals surface area contributed by atoms with Crippen LogP contribution in [0.15, 0.2) is 36.4 Å². The molecule has 1 atom stereocenters. The Labute approximate surface area is 161 Å². The molecule has 1 N–H and O–H groups in total. The zero-order valence-electron chi connectivity index (χ0n) is 15.5. The second-order valence-electron chi connectivity index (χ2n) is 7.17. The van der Waals surface area contributed by atoms with Gasteiger partial charge >= 0.3 is 0 Å². The van der Waals surface area contributed by atoms with E-state index in [1.54, 1.807) is 18.2 Å². The zero-order chi connectivity index (χ0) is 18.0. The van der Waals surface area contributed by atoms with E-state index < -0.39 is 0 Å². The van der Waals surface area contributed by atoms with Gasteiger partial charge < -0.3 is 9.84 Å². The number of hydrogen-bond acceptors (Lipinski definition) is 3. The Bertz CT molecular complexity index is 751. The largest absolute Gasteiger partial charge is 0.504 e. The number of ether oxygens (including phenoxy) is 1. The quantitative estimate of drug-likeness (QED) is 0.759. The number of fused-ring (bicyclic) bond motifs is 1. The summed E-state index contributed by atoms with van der Waals surface area (Å²) in [6, 6.07) is 11.1. The van der Waals surface area contributed by atoms with Gasteiger partial charge in [-0.1, -0.05) is 12.1 Å². The summed E-state index contributed by atoms with van der Waals surface area (Å²) in [6.07, 6.45) is 1.95. The summed E-state index contributed by atoms with van der Waals surface area (Å²) in [5.74, 6) is 0.571. The first-order valence-corrected chi connectivity index (χ1v) is 8.92. The zero-order valence-corrected chi connectivity index (χ0v) is 16.4. The van der Waals surface area contributed by atoms with Gasteiger partial charge in [0.15, 0.2) is 11.5 Å². The van der Waals surface area contributed by atoms with Crippen molar-refractivity contribution in [2.75, 3.05) is 0 Å². The van der Waals surface area contributed by atoms with Gasteiger partial charge in [-0.2, -0.15) is 0 Å². The summed E-state index contributed by atoms with van der Waals surface area (Å²) in [4.78, 5) is 2.38. The maximum Gasteiger partial charge on any atom is 0.161 e. The third kappa shape index (κ3) is 4.89. The second-order valence-corrected chi connectivity index (χ2v) is 7.17. The van der Waals surface area contributed by atoms with Crippen LogP contribution in [0.25, 0.3) is 0 Å². The van der Waals surface area contributed by atoms with E-state index in [9.17, 15) is 9.50 Å². The molecule has 0 saturated heterocycles. The van der Waals surface area contributed by atoms with Crippen LogP contribution in [-0.2, 0) is 19.5 Å². The van der Waals surface area contributed by atoms with Gasteiger partial charge in [0.25, 0.3) is 0 Å². The molecule has 0 unspecified atom stereocenters. The van der Waals surface area contributed by atoms with Crippen molar-refractivity contribution in [3.8, 4) is 11.5 Å². The minimum absolute atomic E-state index is 0. The molecule has 0 amide bonds. The summed E-state index contributed by atoms with van der Waals surface area (Å²) in [7, 11) is 0. The molecule has 0 aliphatic carbocycles. The Morgan fingerprint density at radius 2 is 1.81 bits per heavy atom. The minimum Gasteiger partial charge on any atom is -0.504 e. The van der Waals surface area contributed by atoms with E-state index >= 15 is 0 Å². The fourth-order valence-corrected chi connectivity index (χ4v) is 3.32. The van der Waals surface area contributed by atoms with Crippen LogP contribution in [0, 0.1) is 5.82 Å². The molecule has 2 aromatic carbocycles. The number of hydrogen-bond donors (Lipinski definition) is 1. The van der Waals surface area contributed by atoms with Gasteiger partial charge in [-0.25, -0.2) is 4.39 Å². The Morgan fingerprint density at radius 1 is 1.08 bits per heavy atom. The van der Waals surface area contributed by atoms with Crippen LogP contribution < -0.4 is 4.74 Å². The Kier molecular flexibility index (Phi) is 6.90. The van der Waals surface area contributed by atoms with Crippen molar-refractivity contribution in [3.63, 3.8) is 0 Å². The van der Waals surface area contributed by atoms with Crippen molar-refractivity contribution < 1.29 is 14.2 Å². The summed E-state index contributed by atoms with van der Waals surface area (Å²) < 4.78 is 19.0. The number of benzene rings is 2. The number of phenolic OH excluding ortho intramolecular Hbond substituents is 1. The highest BCUT2D eigenvalue weighted by atomic mass is 35.5. The molecule has 0 saturated carbocycles. The third-order valence-electron chi connectivity index (χ3n) is 4.78. The number of aryl methyl sites for hydroxylation is 1. The van der Waals surface area contributed by atoms with Crippen LogP contribution in [0.3, 0.4) is 0 Å². The molecule has 0 radical (unpaired) electrons. The second kappa shape index (κ2) is 8.74. The molecule has 0 spiro atoms. The summed E-state index contributed by atoms with van der Waals surface area (Å²) in [5, 5.41) is 9.89. The van der Waals surface area contributed by atoms with Gasteiger partial charge in [-0.05, 0) is 74.6 Å². The topological polar surface area (TPSA) is 32.7 Å².